The number of anilines is 1. The van der Waals surface area contributed by atoms with E-state index in [1.165, 1.54) is 17.4 Å². The number of benzene rings is 1. The molecule has 2 aromatic rings. The summed E-state index contributed by atoms with van der Waals surface area (Å²) in [4.78, 5) is 23.7. The number of carbonyl (C=O) groups is 2. The number of hydrogen-bond acceptors (Lipinski definition) is 4. The van der Waals surface area contributed by atoms with Gasteiger partial charge < -0.3 is 15.2 Å². The molecule has 108 valence electrons. The van der Waals surface area contributed by atoms with Crippen molar-refractivity contribution in [2.75, 3.05) is 12.4 Å². The van der Waals surface area contributed by atoms with Crippen molar-refractivity contribution in [2.45, 2.75) is 0 Å². The fourth-order valence-corrected chi connectivity index (χ4v) is 2.39. The number of carboxylic acids is 1. The van der Waals surface area contributed by atoms with Crippen molar-refractivity contribution in [1.29, 1.82) is 0 Å². The van der Waals surface area contributed by atoms with Gasteiger partial charge in [-0.25, -0.2) is 4.79 Å². The van der Waals surface area contributed by atoms with Crippen molar-refractivity contribution in [1.82, 2.24) is 0 Å². The normalized spacial score (nSPS) is 10.5. The molecule has 0 radical (unpaired) electrons. The Balaban J connectivity index is 2.04. The molecule has 2 N–H and O–H groups in total. The molecule has 0 saturated carbocycles. The highest BCUT2D eigenvalue weighted by Gasteiger charge is 2.09. The van der Waals surface area contributed by atoms with Crippen LogP contribution in [0.5, 0.6) is 5.75 Å². The molecule has 5 nitrogen and oxygen atoms in total. The van der Waals surface area contributed by atoms with E-state index >= 15 is 0 Å². The average Bonchev–Trinajstić information content (AvgIpc) is 2.95. The smallest absolute Gasteiger partial charge is 0.328 e. The lowest BCUT2D eigenvalue weighted by molar-refractivity contribution is -0.131. The second-order valence-electron chi connectivity index (χ2n) is 4.06. The van der Waals surface area contributed by atoms with Crippen LogP contribution in [-0.4, -0.2) is 24.1 Å². The maximum atomic E-state index is 12.0. The van der Waals surface area contributed by atoms with Gasteiger partial charge in [0.2, 0.25) is 0 Å². The number of thiophene rings is 1. The number of carboxylic acid groups (broad SMARTS) is 1. The van der Waals surface area contributed by atoms with Crippen molar-refractivity contribution in [3.8, 4) is 5.75 Å². The van der Waals surface area contributed by atoms with Crippen molar-refractivity contribution in [3.05, 3.63) is 52.2 Å². The second kappa shape index (κ2) is 6.71. The molecular weight excluding hydrogens is 290 g/mol. The Kier molecular flexibility index (Phi) is 4.73. The summed E-state index contributed by atoms with van der Waals surface area (Å²) in [5.74, 6) is -0.544. The third kappa shape index (κ3) is 4.19. The minimum Gasteiger partial charge on any atom is -0.497 e. The Morgan fingerprint density at radius 2 is 1.90 bits per heavy atom. The summed E-state index contributed by atoms with van der Waals surface area (Å²) in [7, 11) is 1.57. The number of methoxy groups -OCH3 is 1. The van der Waals surface area contributed by atoms with Gasteiger partial charge in [-0.2, -0.15) is 0 Å². The molecule has 2 rings (SSSR count). The van der Waals surface area contributed by atoms with Crippen LogP contribution in [0, 0.1) is 0 Å². The molecule has 1 heterocycles. The summed E-state index contributed by atoms with van der Waals surface area (Å²) in [5.41, 5.74) is 0.664. The zero-order valence-electron chi connectivity index (χ0n) is 11.2. The first-order valence-corrected chi connectivity index (χ1v) is 6.86. The third-order valence-corrected chi connectivity index (χ3v) is 3.64. The predicted octanol–water partition coefficient (Wildman–Crippen LogP) is 3.11. The second-order valence-corrected chi connectivity index (χ2v) is 5.17. The fraction of sp³-hybridized carbons (Fsp3) is 0.0667. The largest absolute Gasteiger partial charge is 0.497 e. The number of amides is 1. The van der Waals surface area contributed by atoms with Gasteiger partial charge in [-0.3, -0.25) is 4.79 Å². The lowest BCUT2D eigenvalue weighted by Crippen LogP contribution is -2.09. The van der Waals surface area contributed by atoms with Crippen molar-refractivity contribution in [3.63, 3.8) is 0 Å². The number of carbonyl (C=O) groups excluding carboxylic acids is 1. The van der Waals surface area contributed by atoms with Crippen LogP contribution in [0.1, 0.15) is 14.5 Å². The highest BCUT2D eigenvalue weighted by Crippen LogP contribution is 2.20. The molecule has 0 aliphatic carbocycles. The summed E-state index contributed by atoms with van der Waals surface area (Å²) in [6, 6.07) is 10.4. The van der Waals surface area contributed by atoms with E-state index < -0.39 is 5.97 Å². The number of aliphatic carboxylic acids is 1. The third-order valence-electron chi connectivity index (χ3n) is 2.59. The molecule has 0 atom stereocenters. The minimum absolute atomic E-state index is 0.236. The molecule has 0 spiro atoms. The molecule has 1 aromatic heterocycles. The van der Waals surface area contributed by atoms with Gasteiger partial charge in [-0.15, -0.1) is 11.3 Å². The molecule has 6 heteroatoms. The Morgan fingerprint density at radius 3 is 2.52 bits per heavy atom. The molecule has 0 saturated heterocycles. The predicted molar refractivity (Wildman–Crippen MR) is 81.9 cm³/mol. The van der Waals surface area contributed by atoms with E-state index in [1.54, 1.807) is 43.5 Å². The van der Waals surface area contributed by atoms with E-state index in [1.807, 2.05) is 0 Å². The molecule has 1 aromatic carbocycles. The van der Waals surface area contributed by atoms with E-state index in [4.69, 9.17) is 9.84 Å². The Bertz CT molecular complexity index is 673. The van der Waals surface area contributed by atoms with E-state index in [0.29, 0.717) is 21.2 Å². The molecule has 21 heavy (non-hydrogen) atoms. The Morgan fingerprint density at radius 1 is 1.19 bits per heavy atom. The fourth-order valence-electron chi connectivity index (χ4n) is 1.58. The molecule has 0 bridgehead atoms. The maximum absolute atomic E-state index is 12.0. The molecule has 1 amide bonds. The van der Waals surface area contributed by atoms with Gasteiger partial charge >= 0.3 is 5.97 Å². The first kappa shape index (κ1) is 14.8. The van der Waals surface area contributed by atoms with Gasteiger partial charge in [0, 0.05) is 16.6 Å². The van der Waals surface area contributed by atoms with Gasteiger partial charge in [0.1, 0.15) is 5.75 Å². The van der Waals surface area contributed by atoms with Crippen molar-refractivity contribution < 1.29 is 19.4 Å². The number of rotatable bonds is 5. The first-order chi connectivity index (χ1) is 10.1. The zero-order valence-corrected chi connectivity index (χ0v) is 12.0. The van der Waals surface area contributed by atoms with Crippen LogP contribution in [0.15, 0.2) is 42.5 Å². The van der Waals surface area contributed by atoms with Crippen molar-refractivity contribution >= 4 is 35.0 Å². The first-order valence-electron chi connectivity index (χ1n) is 6.05. The number of hydrogen-bond donors (Lipinski definition) is 2. The summed E-state index contributed by atoms with van der Waals surface area (Å²) < 4.78 is 5.04. The maximum Gasteiger partial charge on any atom is 0.328 e. The highest BCUT2D eigenvalue weighted by atomic mass is 32.1. The zero-order chi connectivity index (χ0) is 15.2. The van der Waals surface area contributed by atoms with Gasteiger partial charge in [-0.1, -0.05) is 0 Å². The molecule has 0 aliphatic rings. The number of ether oxygens (including phenoxy) is 1. The van der Waals surface area contributed by atoms with Crippen molar-refractivity contribution in [2.24, 2.45) is 0 Å². The topological polar surface area (TPSA) is 75.6 Å². The lowest BCUT2D eigenvalue weighted by Gasteiger charge is -2.04. The Hall–Kier alpha value is -2.60. The number of nitrogens with one attached hydrogen (secondary N) is 1. The van der Waals surface area contributed by atoms with Gasteiger partial charge in [-0.05, 0) is 42.5 Å². The van der Waals surface area contributed by atoms with E-state index in [0.717, 1.165) is 6.08 Å². The average molecular weight is 303 g/mol. The van der Waals surface area contributed by atoms with Gasteiger partial charge in [0.15, 0.2) is 0 Å². The molecular formula is C15H13NO4S. The van der Waals surface area contributed by atoms with Crippen LogP contribution < -0.4 is 10.1 Å². The molecule has 0 unspecified atom stereocenters. The summed E-state index contributed by atoms with van der Waals surface area (Å²) in [6.45, 7) is 0. The molecule has 0 fully saturated rings. The quantitative estimate of drug-likeness (QED) is 0.832. The minimum atomic E-state index is -1.02. The molecule has 0 aliphatic heterocycles. The van der Waals surface area contributed by atoms with Gasteiger partial charge in [0.25, 0.3) is 5.91 Å². The van der Waals surface area contributed by atoms with Crippen LogP contribution in [0.4, 0.5) is 5.69 Å². The highest BCUT2D eigenvalue weighted by molar-refractivity contribution is 7.15. The van der Waals surface area contributed by atoms with E-state index in [2.05, 4.69) is 5.32 Å². The van der Waals surface area contributed by atoms with Gasteiger partial charge in [0.05, 0.1) is 12.0 Å². The standard InChI is InChI=1S/C15H13NO4S/c1-20-11-4-2-10(3-5-11)16-15(19)13-8-6-12(21-13)7-9-14(17)18/h2-9H,1H3,(H,16,19)(H,17,18). The summed E-state index contributed by atoms with van der Waals surface area (Å²) in [5, 5.41) is 11.3. The summed E-state index contributed by atoms with van der Waals surface area (Å²) >= 11 is 1.22. The monoisotopic (exact) mass is 303 g/mol. The summed E-state index contributed by atoms with van der Waals surface area (Å²) in [6.07, 6.45) is 2.49. The van der Waals surface area contributed by atoms with E-state index in [-0.39, 0.29) is 5.91 Å². The van der Waals surface area contributed by atoms with E-state index in [9.17, 15) is 9.59 Å². The van der Waals surface area contributed by atoms with Crippen LogP contribution in [0.25, 0.3) is 6.08 Å². The van der Waals surface area contributed by atoms with Crippen LogP contribution >= 0.6 is 11.3 Å². The lowest BCUT2D eigenvalue weighted by atomic mass is 10.3. The van der Waals surface area contributed by atoms with Crippen LogP contribution in [0.3, 0.4) is 0 Å². The SMILES string of the molecule is COc1ccc(NC(=O)c2ccc(C=CC(=O)O)s2)cc1. The van der Waals surface area contributed by atoms with Crippen LogP contribution in [0.2, 0.25) is 0 Å². The van der Waals surface area contributed by atoms with Crippen LogP contribution in [-0.2, 0) is 4.79 Å². The Labute approximate surface area is 125 Å².